The van der Waals surface area contributed by atoms with Crippen molar-refractivity contribution in [3.05, 3.63) is 35.1 Å². The molecule has 0 saturated carbocycles. The molecule has 0 spiro atoms. The Kier molecular flexibility index (Phi) is 3.69. The number of aliphatic hydroxyl groups is 1. The van der Waals surface area contributed by atoms with Gasteiger partial charge >= 0.3 is 0 Å². The zero-order valence-corrected chi connectivity index (χ0v) is 8.14. The van der Waals surface area contributed by atoms with Crippen molar-refractivity contribution in [3.8, 4) is 0 Å². The van der Waals surface area contributed by atoms with Gasteiger partial charge in [0.05, 0.1) is 6.61 Å². The number of hydrogen-bond acceptors (Lipinski definition) is 1. The first-order valence-electron chi connectivity index (χ1n) is 3.72. The van der Waals surface area contributed by atoms with E-state index in [1.54, 1.807) is 12.1 Å². The summed E-state index contributed by atoms with van der Waals surface area (Å²) in [4.78, 5) is 0. The number of halogens is 2. The summed E-state index contributed by atoms with van der Waals surface area (Å²) in [6.07, 6.45) is 0.678. The summed E-state index contributed by atoms with van der Waals surface area (Å²) < 4.78 is 13.1. The van der Waals surface area contributed by atoms with Crippen LogP contribution in [0.5, 0.6) is 0 Å². The maximum atomic E-state index is 13.1. The van der Waals surface area contributed by atoms with Gasteiger partial charge in [0.15, 0.2) is 0 Å². The van der Waals surface area contributed by atoms with Gasteiger partial charge in [-0.3, -0.25) is 0 Å². The molecule has 1 aromatic carbocycles. The molecule has 0 saturated heterocycles. The van der Waals surface area contributed by atoms with Crippen LogP contribution in [0.25, 0.3) is 0 Å². The number of benzene rings is 1. The van der Waals surface area contributed by atoms with E-state index < -0.39 is 0 Å². The van der Waals surface area contributed by atoms with Gasteiger partial charge in [-0.2, -0.15) is 0 Å². The second-order valence-corrected chi connectivity index (χ2v) is 3.32. The number of hydrogen-bond donors (Lipinski definition) is 1. The first kappa shape index (κ1) is 9.68. The zero-order chi connectivity index (χ0) is 8.97. The fourth-order valence-corrected chi connectivity index (χ4v) is 1.42. The Hall–Kier alpha value is -0.410. The predicted molar refractivity (Wildman–Crippen MR) is 49.8 cm³/mol. The predicted octanol–water partition coefficient (Wildman–Crippen LogP) is 2.26. The molecule has 1 aromatic rings. The molecule has 66 valence electrons. The van der Waals surface area contributed by atoms with E-state index in [9.17, 15) is 4.39 Å². The van der Waals surface area contributed by atoms with Crippen LogP contribution in [-0.2, 0) is 13.0 Å². The van der Waals surface area contributed by atoms with Crippen LogP contribution in [0.1, 0.15) is 11.1 Å². The average molecular weight is 233 g/mol. The molecule has 1 nitrogen and oxygen atoms in total. The van der Waals surface area contributed by atoms with E-state index in [1.165, 1.54) is 6.07 Å². The Morgan fingerprint density at radius 2 is 2.17 bits per heavy atom. The van der Waals surface area contributed by atoms with Crippen LogP contribution < -0.4 is 0 Å². The smallest absolute Gasteiger partial charge is 0.126 e. The molecule has 0 fully saturated rings. The van der Waals surface area contributed by atoms with Crippen molar-refractivity contribution in [1.29, 1.82) is 0 Å². The number of aliphatic hydroxyl groups excluding tert-OH is 1. The molecule has 0 bridgehead atoms. The van der Waals surface area contributed by atoms with Gasteiger partial charge in [-0.25, -0.2) is 4.39 Å². The topological polar surface area (TPSA) is 20.2 Å². The second-order valence-electron chi connectivity index (χ2n) is 2.52. The van der Waals surface area contributed by atoms with Gasteiger partial charge in [0.2, 0.25) is 0 Å². The molecule has 0 amide bonds. The maximum Gasteiger partial charge on any atom is 0.126 e. The van der Waals surface area contributed by atoms with Crippen LogP contribution in [0.2, 0.25) is 0 Å². The lowest BCUT2D eigenvalue weighted by Gasteiger charge is -2.01. The Morgan fingerprint density at radius 1 is 1.42 bits per heavy atom. The van der Waals surface area contributed by atoms with Crippen LogP contribution in [0.15, 0.2) is 18.2 Å². The van der Waals surface area contributed by atoms with Crippen LogP contribution >= 0.6 is 15.9 Å². The van der Waals surface area contributed by atoms with Crippen molar-refractivity contribution in [2.75, 3.05) is 5.33 Å². The molecule has 0 aliphatic rings. The Balaban J connectivity index is 2.87. The molecule has 0 atom stereocenters. The van der Waals surface area contributed by atoms with Gasteiger partial charge in [0, 0.05) is 5.33 Å². The first-order chi connectivity index (χ1) is 5.77. The summed E-state index contributed by atoms with van der Waals surface area (Å²) in [5.74, 6) is -0.235. The zero-order valence-electron chi connectivity index (χ0n) is 6.56. The van der Waals surface area contributed by atoms with Crippen molar-refractivity contribution >= 4 is 15.9 Å². The molecule has 0 aliphatic heterocycles. The second kappa shape index (κ2) is 4.58. The average Bonchev–Trinajstić information content (AvgIpc) is 2.09. The minimum atomic E-state index is -0.235. The van der Waals surface area contributed by atoms with E-state index in [0.717, 1.165) is 5.33 Å². The van der Waals surface area contributed by atoms with Crippen LogP contribution in [0.4, 0.5) is 4.39 Å². The highest BCUT2D eigenvalue weighted by atomic mass is 79.9. The van der Waals surface area contributed by atoms with Gasteiger partial charge in [-0.05, 0) is 23.6 Å². The Morgan fingerprint density at radius 3 is 2.67 bits per heavy atom. The highest BCUT2D eigenvalue weighted by molar-refractivity contribution is 9.09. The molecule has 1 N–H and O–H groups in total. The third-order valence-electron chi connectivity index (χ3n) is 1.66. The lowest BCUT2D eigenvalue weighted by Crippen LogP contribution is -1.93. The minimum absolute atomic E-state index is 0.106. The van der Waals surface area contributed by atoms with Gasteiger partial charge in [-0.15, -0.1) is 0 Å². The van der Waals surface area contributed by atoms with Crippen molar-refractivity contribution < 1.29 is 9.50 Å². The van der Waals surface area contributed by atoms with Gasteiger partial charge in [-0.1, -0.05) is 28.1 Å². The van der Waals surface area contributed by atoms with Crippen LogP contribution in [0.3, 0.4) is 0 Å². The normalized spacial score (nSPS) is 10.2. The summed E-state index contributed by atoms with van der Waals surface area (Å²) >= 11 is 3.24. The van der Waals surface area contributed by atoms with Crippen LogP contribution in [-0.4, -0.2) is 10.4 Å². The van der Waals surface area contributed by atoms with Gasteiger partial charge in [0.1, 0.15) is 5.82 Å². The lowest BCUT2D eigenvalue weighted by atomic mass is 10.1. The largest absolute Gasteiger partial charge is 0.392 e. The van der Waals surface area contributed by atoms with E-state index in [4.69, 9.17) is 5.11 Å². The van der Waals surface area contributed by atoms with E-state index in [2.05, 4.69) is 15.9 Å². The highest BCUT2D eigenvalue weighted by Gasteiger charge is 2.01. The van der Waals surface area contributed by atoms with E-state index in [1.807, 2.05) is 0 Å². The van der Waals surface area contributed by atoms with Crippen LogP contribution in [0, 0.1) is 5.82 Å². The lowest BCUT2D eigenvalue weighted by molar-refractivity contribution is 0.281. The summed E-state index contributed by atoms with van der Waals surface area (Å²) in [5.41, 5.74) is 1.30. The molecule has 3 heteroatoms. The molecular weight excluding hydrogens is 223 g/mol. The quantitative estimate of drug-likeness (QED) is 0.794. The van der Waals surface area contributed by atoms with Gasteiger partial charge in [0.25, 0.3) is 0 Å². The SMILES string of the molecule is OCc1ccc(CCBr)c(F)c1. The highest BCUT2D eigenvalue weighted by Crippen LogP contribution is 2.11. The fraction of sp³-hybridized carbons (Fsp3) is 0.333. The molecule has 12 heavy (non-hydrogen) atoms. The van der Waals surface area contributed by atoms with E-state index in [-0.39, 0.29) is 12.4 Å². The third-order valence-corrected chi connectivity index (χ3v) is 2.06. The summed E-state index contributed by atoms with van der Waals surface area (Å²) in [7, 11) is 0. The van der Waals surface area contributed by atoms with Crippen molar-refractivity contribution in [3.63, 3.8) is 0 Å². The fourth-order valence-electron chi connectivity index (χ4n) is 0.994. The first-order valence-corrected chi connectivity index (χ1v) is 4.84. The van der Waals surface area contributed by atoms with Crippen molar-refractivity contribution in [1.82, 2.24) is 0 Å². The minimum Gasteiger partial charge on any atom is -0.392 e. The number of rotatable bonds is 3. The van der Waals surface area contributed by atoms with E-state index >= 15 is 0 Å². The summed E-state index contributed by atoms with van der Waals surface area (Å²) in [5, 5.41) is 9.46. The number of alkyl halides is 1. The molecule has 0 unspecified atom stereocenters. The summed E-state index contributed by atoms with van der Waals surface area (Å²) in [6, 6.07) is 4.82. The molecule has 0 aliphatic carbocycles. The third kappa shape index (κ3) is 2.29. The molecule has 1 rings (SSSR count). The van der Waals surface area contributed by atoms with Crippen molar-refractivity contribution in [2.24, 2.45) is 0 Å². The molecule has 0 aromatic heterocycles. The maximum absolute atomic E-state index is 13.1. The summed E-state index contributed by atoms with van der Waals surface area (Å²) in [6.45, 7) is -0.106. The monoisotopic (exact) mass is 232 g/mol. The van der Waals surface area contributed by atoms with Crippen molar-refractivity contribution in [2.45, 2.75) is 13.0 Å². The number of aryl methyl sites for hydroxylation is 1. The molecule has 0 radical (unpaired) electrons. The van der Waals surface area contributed by atoms with E-state index in [0.29, 0.717) is 17.5 Å². The Labute approximate surface area is 79.4 Å². The molecule has 0 heterocycles. The van der Waals surface area contributed by atoms with Gasteiger partial charge < -0.3 is 5.11 Å². The standard InChI is InChI=1S/C9H10BrFO/c10-4-3-8-2-1-7(6-12)5-9(8)11/h1-2,5,12H,3-4,6H2. The Bertz CT molecular complexity index is 263. The molecular formula is C9H10BrFO.